The molecule has 2 saturated heterocycles. The Labute approximate surface area is 124 Å². The molecule has 3 rings (SSSR count). The molecule has 2 heterocycles. The molecule has 5 nitrogen and oxygen atoms in total. The maximum absolute atomic E-state index is 12.8. The van der Waals surface area contributed by atoms with Crippen LogP contribution in [0, 0.1) is 5.82 Å². The van der Waals surface area contributed by atoms with Crippen LogP contribution >= 0.6 is 0 Å². The van der Waals surface area contributed by atoms with Gasteiger partial charge in [-0.2, -0.15) is 0 Å². The summed E-state index contributed by atoms with van der Waals surface area (Å²) in [6.07, 6.45) is 2.21. The predicted molar refractivity (Wildman–Crippen MR) is 75.9 cm³/mol. The molecule has 1 aromatic rings. The molecule has 2 fully saturated rings. The summed E-state index contributed by atoms with van der Waals surface area (Å²) in [4.78, 5) is 2.43. The lowest BCUT2D eigenvalue weighted by Gasteiger charge is -2.35. The van der Waals surface area contributed by atoms with Gasteiger partial charge in [0.15, 0.2) is 0 Å². The van der Waals surface area contributed by atoms with Crippen LogP contribution < -0.4 is 4.72 Å². The van der Waals surface area contributed by atoms with E-state index in [0.29, 0.717) is 12.6 Å². The number of morpholine rings is 1. The number of fused-ring (bicyclic) bond motifs is 1. The van der Waals surface area contributed by atoms with E-state index in [2.05, 4.69) is 9.62 Å². The molecule has 0 saturated carbocycles. The Bertz CT molecular complexity index is 591. The Morgan fingerprint density at radius 2 is 2.10 bits per heavy atom. The molecule has 1 N–H and O–H groups in total. The van der Waals surface area contributed by atoms with E-state index in [4.69, 9.17) is 4.74 Å². The number of rotatable bonds is 4. The van der Waals surface area contributed by atoms with Gasteiger partial charge in [0.1, 0.15) is 5.82 Å². The van der Waals surface area contributed by atoms with E-state index in [9.17, 15) is 12.8 Å². The minimum absolute atomic E-state index is 0.0683. The van der Waals surface area contributed by atoms with Crippen LogP contribution in [0.3, 0.4) is 0 Å². The first-order valence-corrected chi connectivity index (χ1v) is 8.64. The highest BCUT2D eigenvalue weighted by Crippen LogP contribution is 2.22. The van der Waals surface area contributed by atoms with E-state index in [1.807, 2.05) is 0 Å². The van der Waals surface area contributed by atoms with Crippen LogP contribution in [0.15, 0.2) is 29.2 Å². The van der Waals surface area contributed by atoms with Gasteiger partial charge in [-0.05, 0) is 43.7 Å². The van der Waals surface area contributed by atoms with Crippen LogP contribution in [0.5, 0.6) is 0 Å². The number of hydrogen-bond donors (Lipinski definition) is 1. The molecule has 2 aliphatic rings. The SMILES string of the molecule is O=S(=O)(NCC1CN2CCCC2CO1)c1ccc(F)cc1. The van der Waals surface area contributed by atoms with E-state index in [1.165, 1.54) is 18.6 Å². The Hall–Kier alpha value is -1.02. The van der Waals surface area contributed by atoms with Gasteiger partial charge in [-0.15, -0.1) is 0 Å². The fourth-order valence-corrected chi connectivity index (χ4v) is 3.98. The average Bonchev–Trinajstić information content (AvgIpc) is 2.93. The molecule has 0 amide bonds. The van der Waals surface area contributed by atoms with Crippen LogP contribution in [0.2, 0.25) is 0 Å². The molecule has 0 bridgehead atoms. The molecule has 116 valence electrons. The van der Waals surface area contributed by atoms with Crippen molar-refractivity contribution in [2.75, 3.05) is 26.2 Å². The monoisotopic (exact) mass is 314 g/mol. The first-order chi connectivity index (χ1) is 10.0. The number of halogens is 1. The Morgan fingerprint density at radius 3 is 2.86 bits per heavy atom. The molecule has 7 heteroatoms. The molecule has 2 aliphatic heterocycles. The topological polar surface area (TPSA) is 58.6 Å². The summed E-state index contributed by atoms with van der Waals surface area (Å²) < 4.78 is 45.3. The summed E-state index contributed by atoms with van der Waals surface area (Å²) in [7, 11) is -3.61. The van der Waals surface area contributed by atoms with Crippen LogP contribution in [0.4, 0.5) is 4.39 Å². The number of benzene rings is 1. The normalized spacial score (nSPS) is 26.7. The van der Waals surface area contributed by atoms with Crippen molar-refractivity contribution in [2.24, 2.45) is 0 Å². The number of sulfonamides is 1. The largest absolute Gasteiger partial charge is 0.374 e. The van der Waals surface area contributed by atoms with Gasteiger partial charge in [0.25, 0.3) is 0 Å². The van der Waals surface area contributed by atoms with Crippen molar-refractivity contribution < 1.29 is 17.5 Å². The second-order valence-corrected chi connectivity index (χ2v) is 7.32. The zero-order valence-corrected chi connectivity index (χ0v) is 12.5. The highest BCUT2D eigenvalue weighted by molar-refractivity contribution is 7.89. The molecule has 0 aliphatic carbocycles. The minimum atomic E-state index is -3.61. The smallest absolute Gasteiger partial charge is 0.240 e. The van der Waals surface area contributed by atoms with Gasteiger partial charge in [0.05, 0.1) is 17.6 Å². The first kappa shape index (κ1) is 14.9. The van der Waals surface area contributed by atoms with E-state index in [0.717, 1.165) is 31.6 Å². The maximum atomic E-state index is 12.8. The third-order valence-corrected chi connectivity index (χ3v) is 5.53. The second-order valence-electron chi connectivity index (χ2n) is 5.55. The van der Waals surface area contributed by atoms with Crippen LogP contribution in [-0.4, -0.2) is 51.7 Å². The quantitative estimate of drug-likeness (QED) is 0.899. The molecule has 0 spiro atoms. The lowest BCUT2D eigenvalue weighted by molar-refractivity contribution is -0.0449. The molecular weight excluding hydrogens is 295 g/mol. The van der Waals surface area contributed by atoms with Crippen molar-refractivity contribution in [3.8, 4) is 0 Å². The van der Waals surface area contributed by atoms with Crippen LogP contribution in [0.1, 0.15) is 12.8 Å². The number of nitrogens with one attached hydrogen (secondary N) is 1. The van der Waals surface area contributed by atoms with Crippen molar-refractivity contribution in [3.63, 3.8) is 0 Å². The fourth-order valence-electron chi connectivity index (χ4n) is 2.91. The van der Waals surface area contributed by atoms with Gasteiger partial charge in [-0.3, -0.25) is 4.90 Å². The molecule has 2 atom stereocenters. The summed E-state index contributed by atoms with van der Waals surface area (Å²) in [5, 5.41) is 0. The van der Waals surface area contributed by atoms with Gasteiger partial charge in [0, 0.05) is 19.1 Å². The zero-order chi connectivity index (χ0) is 14.9. The van der Waals surface area contributed by atoms with Crippen molar-refractivity contribution in [1.82, 2.24) is 9.62 Å². The maximum Gasteiger partial charge on any atom is 0.240 e. The standard InChI is InChI=1S/C14H19FN2O3S/c15-11-3-5-14(6-4-11)21(18,19)16-8-13-9-17-7-1-2-12(17)10-20-13/h3-6,12-13,16H,1-2,7-10H2. The van der Waals surface area contributed by atoms with Crippen LogP contribution in [0.25, 0.3) is 0 Å². The summed E-state index contributed by atoms with van der Waals surface area (Å²) in [6.45, 7) is 2.73. The third kappa shape index (κ3) is 3.42. The minimum Gasteiger partial charge on any atom is -0.374 e. The van der Waals surface area contributed by atoms with Gasteiger partial charge in [-0.25, -0.2) is 17.5 Å². The predicted octanol–water partition coefficient (Wildman–Crippen LogP) is 0.967. The van der Waals surface area contributed by atoms with Crippen molar-refractivity contribution >= 4 is 10.0 Å². The Balaban J connectivity index is 1.58. The molecule has 0 aromatic heterocycles. The van der Waals surface area contributed by atoms with Gasteiger partial charge >= 0.3 is 0 Å². The number of hydrogen-bond acceptors (Lipinski definition) is 4. The Kier molecular flexibility index (Phi) is 4.26. The molecule has 0 radical (unpaired) electrons. The van der Waals surface area contributed by atoms with E-state index >= 15 is 0 Å². The van der Waals surface area contributed by atoms with E-state index in [1.54, 1.807) is 0 Å². The lowest BCUT2D eigenvalue weighted by atomic mass is 10.2. The second kappa shape index (κ2) is 6.00. The molecule has 2 unspecified atom stereocenters. The number of ether oxygens (including phenoxy) is 1. The number of nitrogens with zero attached hydrogens (tertiary/aromatic N) is 1. The fraction of sp³-hybridized carbons (Fsp3) is 0.571. The van der Waals surface area contributed by atoms with E-state index in [-0.39, 0.29) is 17.5 Å². The highest BCUT2D eigenvalue weighted by Gasteiger charge is 2.32. The van der Waals surface area contributed by atoms with Gasteiger partial charge < -0.3 is 4.74 Å². The summed E-state index contributed by atoms with van der Waals surface area (Å²) in [5.41, 5.74) is 0. The first-order valence-electron chi connectivity index (χ1n) is 7.15. The van der Waals surface area contributed by atoms with Crippen molar-refractivity contribution in [2.45, 2.75) is 29.9 Å². The summed E-state index contributed by atoms with van der Waals surface area (Å²) in [5.74, 6) is -0.454. The van der Waals surface area contributed by atoms with Crippen LogP contribution in [-0.2, 0) is 14.8 Å². The Morgan fingerprint density at radius 1 is 1.33 bits per heavy atom. The lowest BCUT2D eigenvalue weighted by Crippen LogP contribution is -2.50. The molecule has 21 heavy (non-hydrogen) atoms. The third-order valence-electron chi connectivity index (χ3n) is 4.09. The average molecular weight is 314 g/mol. The van der Waals surface area contributed by atoms with Gasteiger partial charge in [0.2, 0.25) is 10.0 Å². The molecular formula is C14H19FN2O3S. The summed E-state index contributed by atoms with van der Waals surface area (Å²) >= 11 is 0. The zero-order valence-electron chi connectivity index (χ0n) is 11.7. The summed E-state index contributed by atoms with van der Waals surface area (Å²) in [6, 6.07) is 5.29. The van der Waals surface area contributed by atoms with Crippen molar-refractivity contribution in [3.05, 3.63) is 30.1 Å². The van der Waals surface area contributed by atoms with Crippen molar-refractivity contribution in [1.29, 1.82) is 0 Å². The highest BCUT2D eigenvalue weighted by atomic mass is 32.2. The van der Waals surface area contributed by atoms with E-state index < -0.39 is 15.8 Å². The molecule has 1 aromatic carbocycles. The van der Waals surface area contributed by atoms with Gasteiger partial charge in [-0.1, -0.05) is 0 Å².